The number of nitrogens with zero attached hydrogens (tertiary/aromatic N) is 4. The molecule has 1 aliphatic rings. The van der Waals surface area contributed by atoms with Gasteiger partial charge in [0.1, 0.15) is 4.90 Å². The molecule has 1 fully saturated rings. The van der Waals surface area contributed by atoms with Crippen LogP contribution in [0.15, 0.2) is 64.5 Å². The van der Waals surface area contributed by atoms with Gasteiger partial charge in [-0.25, -0.2) is 18.1 Å². The molecular weight excluding hydrogens is 402 g/mol. The highest BCUT2D eigenvalue weighted by atomic mass is 32.2. The van der Waals surface area contributed by atoms with Crippen molar-refractivity contribution in [2.45, 2.75) is 17.7 Å². The van der Waals surface area contributed by atoms with Gasteiger partial charge in [-0.1, -0.05) is 30.3 Å². The topological polar surface area (TPSA) is 91.3 Å². The molecule has 30 heavy (non-hydrogen) atoms. The number of aromatic nitrogens is 3. The van der Waals surface area contributed by atoms with Crippen LogP contribution in [-0.4, -0.2) is 65.6 Å². The molecule has 0 unspecified atom stereocenters. The van der Waals surface area contributed by atoms with E-state index in [-0.39, 0.29) is 10.5 Å². The van der Waals surface area contributed by atoms with Crippen LogP contribution in [0, 0.1) is 0 Å². The van der Waals surface area contributed by atoms with Crippen molar-refractivity contribution in [3.05, 3.63) is 76.3 Å². The van der Waals surface area contributed by atoms with Crippen molar-refractivity contribution in [1.82, 2.24) is 24.0 Å². The van der Waals surface area contributed by atoms with Gasteiger partial charge in [0.05, 0.1) is 0 Å². The third-order valence-electron chi connectivity index (χ3n) is 5.35. The van der Waals surface area contributed by atoms with Crippen LogP contribution in [0.1, 0.15) is 17.5 Å². The first kappa shape index (κ1) is 20.5. The Morgan fingerprint density at radius 3 is 2.57 bits per heavy atom. The third kappa shape index (κ3) is 4.23. The Bertz CT molecular complexity index is 1150. The third-order valence-corrected chi connectivity index (χ3v) is 7.23. The minimum atomic E-state index is -3.61. The summed E-state index contributed by atoms with van der Waals surface area (Å²) in [4.78, 5) is 19.2. The zero-order valence-corrected chi connectivity index (χ0v) is 17.7. The van der Waals surface area contributed by atoms with E-state index >= 15 is 0 Å². The number of pyridine rings is 1. The molecule has 0 amide bonds. The van der Waals surface area contributed by atoms with Crippen molar-refractivity contribution in [1.29, 1.82) is 0 Å². The lowest BCUT2D eigenvalue weighted by Crippen LogP contribution is -2.34. The van der Waals surface area contributed by atoms with Gasteiger partial charge in [0.15, 0.2) is 5.82 Å². The molecule has 8 nitrogen and oxygen atoms in total. The maximum absolute atomic E-state index is 13.0. The van der Waals surface area contributed by atoms with Crippen LogP contribution < -0.4 is 5.56 Å². The molecule has 158 valence electrons. The average Bonchev–Trinajstić information content (AvgIpc) is 2.96. The summed E-state index contributed by atoms with van der Waals surface area (Å²) >= 11 is 0. The van der Waals surface area contributed by atoms with Gasteiger partial charge in [-0.2, -0.15) is 4.31 Å². The Balaban J connectivity index is 1.55. The van der Waals surface area contributed by atoms with Gasteiger partial charge in [0.2, 0.25) is 10.0 Å². The molecule has 0 spiro atoms. The summed E-state index contributed by atoms with van der Waals surface area (Å²) < 4.78 is 28.8. The smallest absolute Gasteiger partial charge is 0.276 e. The molecule has 2 aromatic heterocycles. The number of likely N-dealkylation sites (N-methyl/N-ethyl adjacent to an activating group) is 1. The molecule has 1 saturated heterocycles. The summed E-state index contributed by atoms with van der Waals surface area (Å²) in [5.41, 5.74) is 1.46. The summed E-state index contributed by atoms with van der Waals surface area (Å²) in [5.74, 6) is 0.355. The Morgan fingerprint density at radius 2 is 1.83 bits per heavy atom. The second-order valence-corrected chi connectivity index (χ2v) is 9.45. The molecule has 0 aliphatic carbocycles. The van der Waals surface area contributed by atoms with Crippen LogP contribution in [0.5, 0.6) is 0 Å². The lowest BCUT2D eigenvalue weighted by atomic mass is 10.1. The van der Waals surface area contributed by atoms with E-state index in [0.717, 1.165) is 18.5 Å². The van der Waals surface area contributed by atoms with Gasteiger partial charge in [-0.3, -0.25) is 9.89 Å². The van der Waals surface area contributed by atoms with E-state index in [4.69, 9.17) is 0 Å². The SMILES string of the molecule is CN1CCCN(S(=O)(=O)c2ccc(-n3[nH]cc(Cc4ccccc4)c3=O)nc2)CC1. The van der Waals surface area contributed by atoms with Gasteiger partial charge in [-0.05, 0) is 37.7 Å². The van der Waals surface area contributed by atoms with Gasteiger partial charge in [0.25, 0.3) is 5.56 Å². The van der Waals surface area contributed by atoms with Crippen molar-refractivity contribution in [2.24, 2.45) is 0 Å². The Kier molecular flexibility index (Phi) is 5.85. The van der Waals surface area contributed by atoms with Gasteiger partial charge in [0, 0.05) is 44.0 Å². The zero-order valence-electron chi connectivity index (χ0n) is 16.9. The van der Waals surface area contributed by atoms with Crippen LogP contribution in [0.4, 0.5) is 0 Å². The molecule has 9 heteroatoms. The minimum Gasteiger partial charge on any atom is -0.305 e. The van der Waals surface area contributed by atoms with E-state index in [0.29, 0.717) is 37.4 Å². The molecule has 0 bridgehead atoms. The van der Waals surface area contributed by atoms with Crippen molar-refractivity contribution >= 4 is 10.0 Å². The van der Waals surface area contributed by atoms with Gasteiger partial charge in [-0.15, -0.1) is 0 Å². The fourth-order valence-electron chi connectivity index (χ4n) is 3.59. The first-order valence-corrected chi connectivity index (χ1v) is 11.4. The lowest BCUT2D eigenvalue weighted by molar-refractivity contribution is 0.347. The molecule has 0 radical (unpaired) electrons. The van der Waals surface area contributed by atoms with Crippen molar-refractivity contribution in [3.63, 3.8) is 0 Å². The number of sulfonamides is 1. The quantitative estimate of drug-likeness (QED) is 0.666. The maximum atomic E-state index is 13.0. The van der Waals surface area contributed by atoms with Crippen molar-refractivity contribution < 1.29 is 8.42 Å². The number of benzene rings is 1. The highest BCUT2D eigenvalue weighted by Gasteiger charge is 2.26. The lowest BCUT2D eigenvalue weighted by Gasteiger charge is -2.20. The average molecular weight is 428 g/mol. The largest absolute Gasteiger partial charge is 0.305 e. The van der Waals surface area contributed by atoms with Crippen LogP contribution >= 0.6 is 0 Å². The zero-order chi connectivity index (χ0) is 21.1. The Hall–Kier alpha value is -2.75. The number of aromatic amines is 1. The molecule has 3 aromatic rings. The predicted molar refractivity (Wildman–Crippen MR) is 114 cm³/mol. The Morgan fingerprint density at radius 1 is 1.03 bits per heavy atom. The van der Waals surface area contributed by atoms with E-state index in [1.807, 2.05) is 37.4 Å². The van der Waals surface area contributed by atoms with Gasteiger partial charge < -0.3 is 4.90 Å². The number of nitrogens with one attached hydrogen (secondary N) is 1. The Labute approximate surface area is 175 Å². The molecular formula is C21H25N5O3S. The van der Waals surface area contributed by atoms with E-state index in [9.17, 15) is 13.2 Å². The molecule has 3 heterocycles. The number of hydrogen-bond acceptors (Lipinski definition) is 5. The summed E-state index contributed by atoms with van der Waals surface area (Å²) in [6, 6.07) is 12.8. The fraction of sp³-hybridized carbons (Fsp3) is 0.333. The molecule has 0 saturated carbocycles. The molecule has 1 N–H and O–H groups in total. The molecule has 0 atom stereocenters. The van der Waals surface area contributed by atoms with Crippen molar-refractivity contribution in [2.75, 3.05) is 33.2 Å². The first-order valence-electron chi connectivity index (χ1n) is 9.93. The van der Waals surface area contributed by atoms with E-state index < -0.39 is 10.0 Å². The van der Waals surface area contributed by atoms with Crippen LogP contribution in [-0.2, 0) is 16.4 Å². The summed E-state index contributed by atoms with van der Waals surface area (Å²) in [5, 5.41) is 2.92. The first-order chi connectivity index (χ1) is 14.4. The van der Waals surface area contributed by atoms with Crippen molar-refractivity contribution in [3.8, 4) is 5.82 Å². The number of hydrogen-bond donors (Lipinski definition) is 1. The fourth-order valence-corrected chi connectivity index (χ4v) is 5.00. The molecule has 4 rings (SSSR count). The monoisotopic (exact) mass is 427 g/mol. The second-order valence-electron chi connectivity index (χ2n) is 7.51. The van der Waals surface area contributed by atoms with Gasteiger partial charge >= 0.3 is 0 Å². The minimum absolute atomic E-state index is 0.139. The number of H-pyrrole nitrogens is 1. The normalized spacial score (nSPS) is 16.4. The standard InChI is InChI=1S/C21H25N5O3S/c1-24-10-5-11-25(13-12-24)30(28,29)19-8-9-20(22-16-19)26-21(27)18(15-23-26)14-17-6-3-2-4-7-17/h2-4,6-9,15-16,23H,5,10-14H2,1H3. The molecule has 1 aromatic carbocycles. The van der Waals surface area contributed by atoms with Crippen LogP contribution in [0.2, 0.25) is 0 Å². The summed E-state index contributed by atoms with van der Waals surface area (Å²) in [7, 11) is -1.61. The van der Waals surface area contributed by atoms with E-state index in [2.05, 4.69) is 15.0 Å². The van der Waals surface area contributed by atoms with E-state index in [1.54, 1.807) is 12.3 Å². The van der Waals surface area contributed by atoms with Crippen LogP contribution in [0.3, 0.4) is 0 Å². The number of rotatable bonds is 5. The maximum Gasteiger partial charge on any atom is 0.276 e. The highest BCUT2D eigenvalue weighted by Crippen LogP contribution is 2.17. The molecule has 1 aliphatic heterocycles. The highest BCUT2D eigenvalue weighted by molar-refractivity contribution is 7.89. The summed E-state index contributed by atoms with van der Waals surface area (Å²) in [6.45, 7) is 2.53. The predicted octanol–water partition coefficient (Wildman–Crippen LogP) is 1.48. The van der Waals surface area contributed by atoms with Crippen LogP contribution in [0.25, 0.3) is 5.82 Å². The summed E-state index contributed by atoms with van der Waals surface area (Å²) in [6.07, 6.45) is 4.29. The van der Waals surface area contributed by atoms with E-state index in [1.165, 1.54) is 21.3 Å². The second kappa shape index (κ2) is 8.55.